The van der Waals surface area contributed by atoms with Crippen LogP contribution in [0, 0.1) is 10.8 Å². The number of nitrogens with zero attached hydrogens (tertiary/aromatic N) is 5. The van der Waals surface area contributed by atoms with Crippen molar-refractivity contribution in [3.8, 4) is 22.5 Å². The number of pyridine rings is 1. The molecule has 366 valence electrons. The first-order valence-corrected chi connectivity index (χ1v) is 25.4. The third kappa shape index (κ3) is 8.79. The second-order valence-corrected chi connectivity index (χ2v) is 21.9. The molecule has 6 fully saturated rings. The molecule has 9 heterocycles. The maximum absolute atomic E-state index is 15.2. The Morgan fingerprint density at radius 3 is 2.60 bits per heavy atom. The number of amides is 2. The Morgan fingerprint density at radius 1 is 1.07 bits per heavy atom. The smallest absolute Gasteiger partial charge is 0.324 e. The van der Waals surface area contributed by atoms with Gasteiger partial charge in [-0.1, -0.05) is 26.8 Å². The van der Waals surface area contributed by atoms with E-state index in [0.29, 0.717) is 83.1 Å². The summed E-state index contributed by atoms with van der Waals surface area (Å²) < 4.78 is 38.8. The summed E-state index contributed by atoms with van der Waals surface area (Å²) in [6.07, 6.45) is 6.07. The molecule has 4 aromatic rings. The molecular weight excluding hydrogens is 887 g/mol. The standard InChI is InChI=1S/C51H67N7O9S/c1-30(62-6)41-35(10-8-16-52-41)43-37-23-49(3,4)29-66-47(60)38-11-9-17-58(55-38)46(59)42(54-48(61)51-27-50(5,28-51)31(2)67-51)44(56-24-34(25-56)63-7)45-53-39(26-68-45)32-12-13-40(36(37)22-32)57(43)18-21-65-33-14-19-64-20-15-33/h8,10,12-13,16,22,26,30-31,33-34,38,42,44,55H,9,11,14-15,17-21,23-25,27-29H2,1-7H3,(H,54,61)/t30-,31+,38-,42-,44-,50?,51?/m0/s1. The lowest BCUT2D eigenvalue weighted by Gasteiger charge is -2.47. The number of thiazole rings is 1. The Balaban J connectivity index is 1.11. The van der Waals surface area contributed by atoms with E-state index in [4.69, 9.17) is 38.4 Å². The number of nitrogens with one attached hydrogen (secondary N) is 2. The number of hydrazine groups is 1. The number of aromatic nitrogens is 3. The van der Waals surface area contributed by atoms with Crippen molar-refractivity contribution in [2.24, 2.45) is 10.8 Å². The van der Waals surface area contributed by atoms with Gasteiger partial charge in [0.25, 0.3) is 11.8 Å². The fourth-order valence-corrected chi connectivity index (χ4v) is 12.5. The Labute approximate surface area is 402 Å². The number of esters is 1. The minimum absolute atomic E-state index is 0.0382. The van der Waals surface area contributed by atoms with Crippen LogP contribution in [0.5, 0.6) is 0 Å². The average molecular weight is 954 g/mol. The molecule has 5 saturated heterocycles. The third-order valence-electron chi connectivity index (χ3n) is 15.6. The van der Waals surface area contributed by atoms with E-state index in [1.807, 2.05) is 26.1 Å². The predicted molar refractivity (Wildman–Crippen MR) is 255 cm³/mol. The van der Waals surface area contributed by atoms with Gasteiger partial charge in [0.1, 0.15) is 22.7 Å². The Bertz CT molecular complexity index is 2520. The molecule has 17 heteroatoms. The normalized spacial score (nSPS) is 29.5. The molecule has 11 rings (SSSR count). The second-order valence-electron chi connectivity index (χ2n) is 21.0. The number of methoxy groups -OCH3 is 2. The SMILES string of the molecule is COC1CN([C@@H]2c3nc(cs3)-c3ccc4c(c3)c(c(-c3cccnc3[C@H](C)OC)n4CCOC3CCOCC3)CC(C)(C)COC(=O)[C@@H]3CCCN(N3)C(=O)[C@H]2NC(=O)C23CC(C)(C2)[C@@H](C)O3)C1. The topological polar surface area (TPSA) is 168 Å². The number of cyclic esters (lactones) is 1. The van der Waals surface area contributed by atoms with Gasteiger partial charge in [-0.05, 0) is 88.6 Å². The number of benzene rings is 1. The number of ether oxygens (including phenoxy) is 6. The van der Waals surface area contributed by atoms with Gasteiger partial charge in [0, 0.05) is 98.0 Å². The molecule has 5 atom stereocenters. The lowest BCUT2D eigenvalue weighted by molar-refractivity contribution is -0.159. The zero-order valence-corrected chi connectivity index (χ0v) is 41.3. The highest BCUT2D eigenvalue weighted by Gasteiger charge is 2.68. The largest absolute Gasteiger partial charge is 0.464 e. The van der Waals surface area contributed by atoms with Crippen molar-refractivity contribution < 1.29 is 42.8 Å². The zero-order valence-electron chi connectivity index (χ0n) is 40.5. The molecule has 2 N–H and O–H groups in total. The van der Waals surface area contributed by atoms with Crippen molar-refractivity contribution in [1.29, 1.82) is 0 Å². The second kappa shape index (κ2) is 18.8. The summed E-state index contributed by atoms with van der Waals surface area (Å²) in [7, 11) is 3.39. The van der Waals surface area contributed by atoms with Crippen molar-refractivity contribution in [3.63, 3.8) is 0 Å². The first-order valence-electron chi connectivity index (χ1n) is 24.5. The first-order chi connectivity index (χ1) is 32.7. The predicted octanol–water partition coefficient (Wildman–Crippen LogP) is 6.17. The number of hydrogen-bond donors (Lipinski definition) is 2. The van der Waals surface area contributed by atoms with E-state index in [9.17, 15) is 9.59 Å². The lowest BCUT2D eigenvalue weighted by atomic mass is 9.61. The van der Waals surface area contributed by atoms with Gasteiger partial charge in [-0.15, -0.1) is 11.3 Å². The van der Waals surface area contributed by atoms with Gasteiger partial charge in [-0.3, -0.25) is 29.3 Å². The number of rotatable bonds is 11. The van der Waals surface area contributed by atoms with Gasteiger partial charge in [-0.25, -0.2) is 10.4 Å². The van der Waals surface area contributed by atoms with E-state index in [-0.39, 0.29) is 48.3 Å². The highest BCUT2D eigenvalue weighted by Crippen LogP contribution is 2.61. The molecule has 16 nitrogen and oxygen atoms in total. The number of carbonyl (C=O) groups excluding carboxylic acids is 3. The summed E-state index contributed by atoms with van der Waals surface area (Å²) in [4.78, 5) is 56.3. The van der Waals surface area contributed by atoms with Crippen molar-refractivity contribution in [2.45, 2.75) is 134 Å². The number of hydrogen-bond acceptors (Lipinski definition) is 14. The highest BCUT2D eigenvalue weighted by molar-refractivity contribution is 7.10. The molecule has 1 saturated carbocycles. The summed E-state index contributed by atoms with van der Waals surface area (Å²) in [6, 6.07) is 8.14. The van der Waals surface area contributed by atoms with Crippen molar-refractivity contribution in [2.75, 3.05) is 60.3 Å². The van der Waals surface area contributed by atoms with Gasteiger partial charge >= 0.3 is 5.97 Å². The van der Waals surface area contributed by atoms with Gasteiger partial charge in [0.2, 0.25) is 0 Å². The molecule has 0 radical (unpaired) electrons. The molecule has 1 aromatic carbocycles. The van der Waals surface area contributed by atoms with Crippen LogP contribution < -0.4 is 10.7 Å². The van der Waals surface area contributed by atoms with Crippen LogP contribution in [0.15, 0.2) is 41.9 Å². The minimum atomic E-state index is -1.06. The van der Waals surface area contributed by atoms with Gasteiger partial charge < -0.3 is 38.3 Å². The Kier molecular flexibility index (Phi) is 13.1. The lowest BCUT2D eigenvalue weighted by Crippen LogP contribution is -2.67. The summed E-state index contributed by atoms with van der Waals surface area (Å²) >= 11 is 1.48. The molecule has 68 heavy (non-hydrogen) atoms. The van der Waals surface area contributed by atoms with Crippen LogP contribution in [-0.2, 0) is 55.8 Å². The Morgan fingerprint density at radius 2 is 1.87 bits per heavy atom. The monoisotopic (exact) mass is 953 g/mol. The van der Waals surface area contributed by atoms with Gasteiger partial charge in [0.05, 0.1) is 60.8 Å². The van der Waals surface area contributed by atoms with Crippen molar-refractivity contribution >= 4 is 40.0 Å². The molecule has 3 aromatic heterocycles. The molecule has 1 aliphatic carbocycles. The van der Waals surface area contributed by atoms with Gasteiger partial charge in [-0.2, -0.15) is 0 Å². The fourth-order valence-electron chi connectivity index (χ4n) is 11.5. The summed E-state index contributed by atoms with van der Waals surface area (Å²) in [5.74, 6) is -1.07. The van der Waals surface area contributed by atoms with E-state index < -0.39 is 35.1 Å². The number of likely N-dealkylation sites (tertiary alicyclic amines) is 1. The Hall–Kier alpha value is -4.33. The summed E-state index contributed by atoms with van der Waals surface area (Å²) in [6.45, 7) is 14.5. The van der Waals surface area contributed by atoms with Crippen molar-refractivity contribution in [1.82, 2.24) is 35.2 Å². The van der Waals surface area contributed by atoms with E-state index in [1.165, 1.54) is 16.3 Å². The molecule has 6 aliphatic heterocycles. The van der Waals surface area contributed by atoms with Crippen LogP contribution >= 0.6 is 11.3 Å². The van der Waals surface area contributed by atoms with Crippen LogP contribution in [0.2, 0.25) is 0 Å². The van der Waals surface area contributed by atoms with Crippen LogP contribution in [0.4, 0.5) is 0 Å². The molecular formula is C51H67N7O9S. The first kappa shape index (κ1) is 47.4. The minimum Gasteiger partial charge on any atom is -0.464 e. The van der Waals surface area contributed by atoms with E-state index in [1.54, 1.807) is 14.2 Å². The molecule has 0 spiro atoms. The summed E-state index contributed by atoms with van der Waals surface area (Å²) in [5.41, 5.74) is 8.24. The molecule has 7 aliphatic rings. The van der Waals surface area contributed by atoms with E-state index >= 15 is 4.79 Å². The van der Waals surface area contributed by atoms with Crippen molar-refractivity contribution in [3.05, 3.63) is 58.2 Å². The fraction of sp³-hybridized carbons (Fsp3) is 0.627. The zero-order chi connectivity index (χ0) is 47.5. The maximum atomic E-state index is 15.2. The average Bonchev–Trinajstić information content (AvgIpc) is 4.06. The van der Waals surface area contributed by atoms with E-state index in [0.717, 1.165) is 57.5 Å². The molecule has 0 unspecified atom stereocenters. The van der Waals surface area contributed by atoms with Crippen LogP contribution in [0.1, 0.15) is 102 Å². The molecule has 8 bridgehead atoms. The van der Waals surface area contributed by atoms with Gasteiger partial charge in [0.15, 0.2) is 0 Å². The number of carbonyl (C=O) groups is 3. The van der Waals surface area contributed by atoms with Crippen LogP contribution in [-0.4, -0.2) is 139 Å². The van der Waals surface area contributed by atoms with Crippen LogP contribution in [0.3, 0.4) is 0 Å². The summed E-state index contributed by atoms with van der Waals surface area (Å²) in [5, 5.41) is 8.54. The number of fused-ring (bicyclic) bond motifs is 7. The third-order valence-corrected chi connectivity index (χ3v) is 16.5. The van der Waals surface area contributed by atoms with Crippen LogP contribution in [0.25, 0.3) is 33.4 Å². The maximum Gasteiger partial charge on any atom is 0.324 e. The molecule has 2 amide bonds. The highest BCUT2D eigenvalue weighted by atomic mass is 32.1. The van der Waals surface area contributed by atoms with E-state index in [2.05, 4.69) is 70.6 Å². The quantitative estimate of drug-likeness (QED) is 0.164.